The zero-order chi connectivity index (χ0) is 12.8. The number of ether oxygens (including phenoxy) is 2. The van der Waals surface area contributed by atoms with Crippen LogP contribution >= 0.6 is 11.6 Å². The van der Waals surface area contributed by atoms with E-state index in [0.717, 1.165) is 0 Å². The van der Waals surface area contributed by atoms with Gasteiger partial charge >= 0.3 is 5.97 Å². The lowest BCUT2D eigenvalue weighted by molar-refractivity contribution is -0.147. The number of rotatable bonds is 5. The minimum Gasteiger partial charge on any atom is -0.457 e. The molecular formula is C12H13ClO4. The second kappa shape index (κ2) is 6.25. The van der Waals surface area contributed by atoms with Crippen LogP contribution in [0.4, 0.5) is 0 Å². The van der Waals surface area contributed by atoms with Gasteiger partial charge in [0.25, 0.3) is 0 Å². The Hall–Kier alpha value is -1.55. The van der Waals surface area contributed by atoms with Gasteiger partial charge in [0.1, 0.15) is 11.1 Å². The van der Waals surface area contributed by atoms with Crippen LogP contribution in [-0.2, 0) is 14.3 Å². The van der Waals surface area contributed by atoms with Crippen LogP contribution in [0, 0.1) is 0 Å². The van der Waals surface area contributed by atoms with Crippen molar-refractivity contribution in [2.24, 2.45) is 0 Å². The lowest BCUT2D eigenvalue weighted by atomic mass is 10.1. The summed E-state index contributed by atoms with van der Waals surface area (Å²) < 4.78 is 9.76. The highest BCUT2D eigenvalue weighted by molar-refractivity contribution is 6.30. The van der Waals surface area contributed by atoms with Crippen LogP contribution in [0.15, 0.2) is 24.3 Å². The van der Waals surface area contributed by atoms with Crippen LogP contribution in [0.5, 0.6) is 5.75 Å². The number of hydrogen-bond acceptors (Lipinski definition) is 4. The van der Waals surface area contributed by atoms with Gasteiger partial charge in [-0.25, -0.2) is 0 Å². The van der Waals surface area contributed by atoms with E-state index in [9.17, 15) is 9.59 Å². The number of ketones is 1. The number of alkyl halides is 1. The molecule has 0 fully saturated rings. The lowest BCUT2D eigenvalue weighted by Crippen LogP contribution is -2.07. The molecule has 1 rings (SSSR count). The minimum absolute atomic E-state index is 0.111. The Balaban J connectivity index is 2.56. The maximum atomic E-state index is 11.1. The predicted octanol–water partition coefficient (Wildman–Crippen LogP) is 2.45. The maximum absolute atomic E-state index is 11.1. The third kappa shape index (κ3) is 4.44. The Labute approximate surface area is 104 Å². The van der Waals surface area contributed by atoms with E-state index in [2.05, 4.69) is 4.74 Å². The molecule has 0 heterocycles. The molecular weight excluding hydrogens is 244 g/mol. The molecule has 0 saturated carbocycles. The van der Waals surface area contributed by atoms with Crippen molar-refractivity contribution in [3.63, 3.8) is 0 Å². The highest BCUT2D eigenvalue weighted by Gasteiger charge is 2.12. The van der Waals surface area contributed by atoms with Gasteiger partial charge in [0, 0.05) is 6.92 Å². The van der Waals surface area contributed by atoms with Gasteiger partial charge in [-0.2, -0.15) is 0 Å². The van der Waals surface area contributed by atoms with E-state index in [4.69, 9.17) is 16.3 Å². The Morgan fingerprint density at radius 3 is 2.29 bits per heavy atom. The Morgan fingerprint density at radius 1 is 1.24 bits per heavy atom. The molecule has 0 aliphatic rings. The van der Waals surface area contributed by atoms with Gasteiger partial charge < -0.3 is 9.47 Å². The molecule has 1 aromatic carbocycles. The van der Waals surface area contributed by atoms with E-state index in [1.165, 1.54) is 13.8 Å². The number of halogens is 1. The first-order valence-electron chi connectivity index (χ1n) is 5.01. The lowest BCUT2D eigenvalue weighted by Gasteiger charge is -2.08. The Bertz CT molecular complexity index is 399. The van der Waals surface area contributed by atoms with Crippen molar-refractivity contribution in [1.29, 1.82) is 0 Å². The van der Waals surface area contributed by atoms with Crippen molar-refractivity contribution in [1.82, 2.24) is 0 Å². The van der Waals surface area contributed by atoms with Gasteiger partial charge in [-0.15, -0.1) is 11.6 Å². The minimum atomic E-state index is -0.641. The summed E-state index contributed by atoms with van der Waals surface area (Å²) in [7, 11) is 0. The molecule has 1 aromatic rings. The highest BCUT2D eigenvalue weighted by atomic mass is 35.5. The normalized spacial score (nSPS) is 11.7. The predicted molar refractivity (Wildman–Crippen MR) is 63.0 cm³/mol. The number of benzene rings is 1. The summed E-state index contributed by atoms with van der Waals surface area (Å²) in [6, 6.07) is 6.72. The Kier molecular flexibility index (Phi) is 4.97. The molecule has 5 heteroatoms. The molecule has 0 N–H and O–H groups in total. The van der Waals surface area contributed by atoms with E-state index < -0.39 is 11.3 Å². The van der Waals surface area contributed by atoms with Crippen LogP contribution in [0.1, 0.15) is 24.8 Å². The van der Waals surface area contributed by atoms with E-state index in [1.54, 1.807) is 24.3 Å². The fourth-order valence-corrected chi connectivity index (χ4v) is 1.29. The van der Waals surface area contributed by atoms with Crippen LogP contribution in [-0.4, -0.2) is 18.5 Å². The molecule has 0 aliphatic carbocycles. The fraction of sp³-hybridized carbons (Fsp3) is 0.333. The van der Waals surface area contributed by atoms with Crippen molar-refractivity contribution in [3.05, 3.63) is 29.8 Å². The smallest absolute Gasteiger partial charge is 0.305 e. The van der Waals surface area contributed by atoms with Gasteiger partial charge in [-0.1, -0.05) is 12.1 Å². The van der Waals surface area contributed by atoms with E-state index in [1.807, 2.05) is 0 Å². The summed E-state index contributed by atoms with van der Waals surface area (Å²) in [5.74, 6) is 0.0293. The first kappa shape index (κ1) is 13.5. The van der Waals surface area contributed by atoms with E-state index in [0.29, 0.717) is 11.3 Å². The van der Waals surface area contributed by atoms with E-state index in [-0.39, 0.29) is 12.6 Å². The van der Waals surface area contributed by atoms with Crippen molar-refractivity contribution in [2.75, 3.05) is 6.79 Å². The molecule has 0 radical (unpaired) electrons. The summed E-state index contributed by atoms with van der Waals surface area (Å²) in [4.78, 5) is 21.6. The van der Waals surface area contributed by atoms with Crippen molar-refractivity contribution in [3.8, 4) is 5.75 Å². The van der Waals surface area contributed by atoms with Gasteiger partial charge in [0.15, 0.2) is 5.78 Å². The van der Waals surface area contributed by atoms with Gasteiger partial charge in [0.2, 0.25) is 6.79 Å². The molecule has 0 aliphatic heterocycles. The first-order valence-corrected chi connectivity index (χ1v) is 5.45. The van der Waals surface area contributed by atoms with Crippen LogP contribution in [0.2, 0.25) is 0 Å². The van der Waals surface area contributed by atoms with Crippen LogP contribution < -0.4 is 4.74 Å². The zero-order valence-electron chi connectivity index (χ0n) is 9.60. The van der Waals surface area contributed by atoms with Crippen molar-refractivity contribution < 1.29 is 19.1 Å². The molecule has 92 valence electrons. The molecule has 1 atom stereocenters. The van der Waals surface area contributed by atoms with Crippen molar-refractivity contribution in [2.45, 2.75) is 19.2 Å². The molecule has 0 bridgehead atoms. The zero-order valence-corrected chi connectivity index (χ0v) is 10.4. The summed E-state index contributed by atoms with van der Waals surface area (Å²) >= 11 is 5.88. The van der Waals surface area contributed by atoms with E-state index >= 15 is 0 Å². The average Bonchev–Trinajstić information content (AvgIpc) is 2.28. The third-order valence-corrected chi connectivity index (χ3v) is 2.58. The maximum Gasteiger partial charge on any atom is 0.305 e. The summed E-state index contributed by atoms with van der Waals surface area (Å²) in [6.45, 7) is 2.60. The molecule has 1 unspecified atom stereocenters. The van der Waals surface area contributed by atoms with Crippen LogP contribution in [0.25, 0.3) is 0 Å². The number of esters is 1. The third-order valence-electron chi connectivity index (χ3n) is 2.02. The molecule has 4 nitrogen and oxygen atoms in total. The first-order chi connectivity index (χ1) is 8.00. The topological polar surface area (TPSA) is 52.6 Å². The number of Topliss-reactive ketones (excluding diaryl/α,β-unsaturated/α-hetero) is 1. The largest absolute Gasteiger partial charge is 0.457 e. The van der Waals surface area contributed by atoms with Gasteiger partial charge in [0.05, 0.1) is 0 Å². The molecule has 0 saturated heterocycles. The summed E-state index contributed by atoms with van der Waals surface area (Å²) in [5, 5.41) is -0.641. The number of carbonyl (C=O) groups excluding carboxylic acids is 2. The van der Waals surface area contributed by atoms with Gasteiger partial charge in [-0.3, -0.25) is 9.59 Å². The second-order valence-corrected chi connectivity index (χ2v) is 3.88. The second-order valence-electron chi connectivity index (χ2n) is 3.44. The number of carbonyl (C=O) groups is 2. The van der Waals surface area contributed by atoms with Crippen LogP contribution in [0.3, 0.4) is 0 Å². The monoisotopic (exact) mass is 256 g/mol. The quantitative estimate of drug-likeness (QED) is 0.461. The summed E-state index contributed by atoms with van der Waals surface area (Å²) in [5.41, 5.74) is 0.707. The standard InChI is InChI=1S/C12H13ClO4/c1-8(14)12(13)10-3-5-11(6-4-10)17-7-16-9(2)15/h3-6,12H,7H2,1-2H3. The Morgan fingerprint density at radius 2 is 1.82 bits per heavy atom. The molecule has 0 amide bonds. The van der Waals surface area contributed by atoms with Crippen molar-refractivity contribution >= 4 is 23.4 Å². The summed E-state index contributed by atoms with van der Waals surface area (Å²) in [6.07, 6.45) is 0. The average molecular weight is 257 g/mol. The highest BCUT2D eigenvalue weighted by Crippen LogP contribution is 2.23. The molecule has 17 heavy (non-hydrogen) atoms. The number of hydrogen-bond donors (Lipinski definition) is 0. The molecule has 0 aromatic heterocycles. The van der Waals surface area contributed by atoms with Gasteiger partial charge in [-0.05, 0) is 24.6 Å². The fourth-order valence-electron chi connectivity index (χ4n) is 1.15. The molecule has 0 spiro atoms. The SMILES string of the molecule is CC(=O)OCOc1ccc(C(Cl)C(C)=O)cc1.